The minimum absolute atomic E-state index is 0.124. The summed E-state index contributed by atoms with van der Waals surface area (Å²) in [6.07, 6.45) is 0. The van der Waals surface area contributed by atoms with Gasteiger partial charge in [0, 0.05) is 4.88 Å². The fourth-order valence-electron chi connectivity index (χ4n) is 2.05. The van der Waals surface area contributed by atoms with Crippen molar-refractivity contribution in [2.45, 2.75) is 27.3 Å². The highest BCUT2D eigenvalue weighted by atomic mass is 32.1. The summed E-state index contributed by atoms with van der Waals surface area (Å²) in [6.45, 7) is 5.83. The second kappa shape index (κ2) is 4.64. The lowest BCUT2D eigenvalue weighted by atomic mass is 10.2. The number of hydrogen-bond donors (Lipinski definition) is 1. The highest BCUT2D eigenvalue weighted by molar-refractivity contribution is 7.71. The van der Waals surface area contributed by atoms with Gasteiger partial charge in [-0.05, 0) is 38.6 Å². The van der Waals surface area contributed by atoms with Gasteiger partial charge in [0.1, 0.15) is 11.4 Å². The van der Waals surface area contributed by atoms with Crippen LogP contribution < -0.4 is 5.56 Å². The van der Waals surface area contributed by atoms with E-state index in [1.54, 1.807) is 6.92 Å². The number of rotatable bonds is 2. The number of fused-ring (bicyclic) bond motifs is 1. The molecule has 0 aliphatic rings. The van der Waals surface area contributed by atoms with Gasteiger partial charge in [-0.3, -0.25) is 9.36 Å². The summed E-state index contributed by atoms with van der Waals surface area (Å²) in [6, 6.07) is 0. The average molecular weight is 308 g/mol. The Morgan fingerprint density at radius 3 is 2.80 bits per heavy atom. The lowest BCUT2D eigenvalue weighted by Gasteiger charge is -2.03. The summed E-state index contributed by atoms with van der Waals surface area (Å²) in [7, 11) is 0. The van der Waals surface area contributed by atoms with E-state index in [0.29, 0.717) is 21.9 Å². The van der Waals surface area contributed by atoms with Gasteiger partial charge >= 0.3 is 0 Å². The van der Waals surface area contributed by atoms with E-state index in [0.717, 1.165) is 15.3 Å². The van der Waals surface area contributed by atoms with Crippen molar-refractivity contribution < 1.29 is 4.52 Å². The average Bonchev–Trinajstić information content (AvgIpc) is 2.90. The molecule has 0 saturated carbocycles. The zero-order chi connectivity index (χ0) is 14.4. The first-order chi connectivity index (χ1) is 9.47. The summed E-state index contributed by atoms with van der Waals surface area (Å²) in [5.74, 6) is 0.902. The normalized spacial score (nSPS) is 11.3. The summed E-state index contributed by atoms with van der Waals surface area (Å²) in [5.41, 5.74) is 0.859. The van der Waals surface area contributed by atoms with Gasteiger partial charge < -0.3 is 9.51 Å². The molecule has 0 aromatic carbocycles. The number of nitrogens with zero attached hydrogens (tertiary/aromatic N) is 3. The standard InChI is InChI=1S/C12H12N4O2S2/c1-5-6(2)20-10-9(5)11(17)16(12(19)14-10)4-8-13-7(3)15-18-8/h4H2,1-3H3,(H,14,19). The predicted octanol–water partition coefficient (Wildman–Crippen LogP) is 2.48. The SMILES string of the molecule is Cc1noc(Cn2c(=S)[nH]c3sc(C)c(C)c3c2=O)n1. The quantitative estimate of drug-likeness (QED) is 0.736. The molecule has 1 N–H and O–H groups in total. The Morgan fingerprint density at radius 1 is 1.40 bits per heavy atom. The Bertz CT molecular complexity index is 916. The number of aromatic nitrogens is 4. The molecular formula is C12H12N4O2S2. The van der Waals surface area contributed by atoms with Crippen molar-refractivity contribution in [1.29, 1.82) is 0 Å². The molecule has 0 fully saturated rings. The van der Waals surface area contributed by atoms with Crippen LogP contribution in [0.5, 0.6) is 0 Å². The zero-order valence-corrected chi connectivity index (χ0v) is 12.8. The largest absolute Gasteiger partial charge is 0.337 e. The first-order valence-electron chi connectivity index (χ1n) is 5.99. The van der Waals surface area contributed by atoms with E-state index >= 15 is 0 Å². The minimum Gasteiger partial charge on any atom is -0.337 e. The number of nitrogens with one attached hydrogen (secondary N) is 1. The van der Waals surface area contributed by atoms with Crippen LogP contribution in [0.1, 0.15) is 22.2 Å². The fourth-order valence-corrected chi connectivity index (χ4v) is 3.41. The van der Waals surface area contributed by atoms with Crippen LogP contribution in [0.2, 0.25) is 0 Å². The lowest BCUT2D eigenvalue weighted by molar-refractivity contribution is 0.365. The fraction of sp³-hybridized carbons (Fsp3) is 0.333. The number of aromatic amines is 1. The molecule has 0 amide bonds. The molecule has 3 rings (SSSR count). The van der Waals surface area contributed by atoms with E-state index in [2.05, 4.69) is 15.1 Å². The molecule has 8 heteroatoms. The van der Waals surface area contributed by atoms with Gasteiger partial charge in [0.05, 0.1) is 5.39 Å². The Balaban J connectivity index is 2.23. The highest BCUT2D eigenvalue weighted by Gasteiger charge is 2.14. The molecule has 3 aromatic rings. The third kappa shape index (κ3) is 2.01. The molecule has 0 aliphatic heterocycles. The number of thiophene rings is 1. The van der Waals surface area contributed by atoms with Crippen LogP contribution in [0.15, 0.2) is 9.32 Å². The summed E-state index contributed by atoms with van der Waals surface area (Å²) in [5, 5.41) is 4.39. The molecule has 20 heavy (non-hydrogen) atoms. The van der Waals surface area contributed by atoms with Gasteiger partial charge in [-0.2, -0.15) is 4.98 Å². The molecule has 0 aliphatic carbocycles. The van der Waals surface area contributed by atoms with Crippen LogP contribution >= 0.6 is 23.6 Å². The van der Waals surface area contributed by atoms with Crippen molar-refractivity contribution in [1.82, 2.24) is 19.7 Å². The maximum atomic E-state index is 12.6. The zero-order valence-electron chi connectivity index (χ0n) is 11.2. The molecule has 0 spiro atoms. The van der Waals surface area contributed by atoms with E-state index in [1.165, 1.54) is 15.9 Å². The first-order valence-corrected chi connectivity index (χ1v) is 7.22. The number of hydrogen-bond acceptors (Lipinski definition) is 6. The maximum absolute atomic E-state index is 12.6. The molecule has 0 bridgehead atoms. The van der Waals surface area contributed by atoms with Crippen LogP contribution in [0.4, 0.5) is 0 Å². The third-order valence-electron chi connectivity index (χ3n) is 3.17. The second-order valence-corrected chi connectivity index (χ2v) is 6.16. The van der Waals surface area contributed by atoms with Crippen molar-refractivity contribution in [3.63, 3.8) is 0 Å². The second-order valence-electron chi connectivity index (χ2n) is 4.54. The van der Waals surface area contributed by atoms with E-state index in [-0.39, 0.29) is 12.1 Å². The van der Waals surface area contributed by atoms with Crippen LogP contribution in [0.25, 0.3) is 10.2 Å². The molecule has 0 radical (unpaired) electrons. The Labute approximate surface area is 123 Å². The van der Waals surface area contributed by atoms with Gasteiger partial charge in [-0.1, -0.05) is 5.16 Å². The van der Waals surface area contributed by atoms with Crippen molar-refractivity contribution in [2.75, 3.05) is 0 Å². The summed E-state index contributed by atoms with van der Waals surface area (Å²) in [4.78, 5) is 21.7. The van der Waals surface area contributed by atoms with Crippen molar-refractivity contribution in [3.8, 4) is 0 Å². The number of H-pyrrole nitrogens is 1. The van der Waals surface area contributed by atoms with E-state index in [1.807, 2.05) is 13.8 Å². The smallest absolute Gasteiger partial charge is 0.263 e. The van der Waals surface area contributed by atoms with E-state index in [4.69, 9.17) is 16.7 Å². The molecule has 3 heterocycles. The van der Waals surface area contributed by atoms with Crippen LogP contribution in [-0.2, 0) is 6.54 Å². The molecule has 0 saturated heterocycles. The Hall–Kier alpha value is -1.80. The van der Waals surface area contributed by atoms with Gasteiger partial charge in [0.2, 0.25) is 5.89 Å². The van der Waals surface area contributed by atoms with Crippen molar-refractivity contribution in [2.24, 2.45) is 0 Å². The van der Waals surface area contributed by atoms with Gasteiger partial charge in [0.15, 0.2) is 10.6 Å². The topological polar surface area (TPSA) is 76.7 Å². The monoisotopic (exact) mass is 308 g/mol. The molecule has 3 aromatic heterocycles. The van der Waals surface area contributed by atoms with Gasteiger partial charge in [0.25, 0.3) is 5.56 Å². The van der Waals surface area contributed by atoms with Gasteiger partial charge in [-0.25, -0.2) is 0 Å². The van der Waals surface area contributed by atoms with E-state index in [9.17, 15) is 4.79 Å². The van der Waals surface area contributed by atoms with Gasteiger partial charge in [-0.15, -0.1) is 11.3 Å². The molecule has 0 unspecified atom stereocenters. The predicted molar refractivity (Wildman–Crippen MR) is 78.9 cm³/mol. The summed E-state index contributed by atoms with van der Waals surface area (Å²) < 4.78 is 6.86. The van der Waals surface area contributed by atoms with E-state index < -0.39 is 0 Å². The Kier molecular flexibility index (Phi) is 3.06. The first kappa shape index (κ1) is 13.2. The van der Waals surface area contributed by atoms with Crippen LogP contribution in [0, 0.1) is 25.5 Å². The molecule has 6 nitrogen and oxygen atoms in total. The maximum Gasteiger partial charge on any atom is 0.263 e. The summed E-state index contributed by atoms with van der Waals surface area (Å²) >= 11 is 6.79. The molecular weight excluding hydrogens is 296 g/mol. The van der Waals surface area contributed by atoms with Crippen LogP contribution in [-0.4, -0.2) is 19.7 Å². The third-order valence-corrected chi connectivity index (χ3v) is 4.62. The molecule has 0 atom stereocenters. The molecule has 104 valence electrons. The highest BCUT2D eigenvalue weighted by Crippen LogP contribution is 2.25. The number of aryl methyl sites for hydroxylation is 3. The minimum atomic E-state index is -0.124. The van der Waals surface area contributed by atoms with Crippen molar-refractivity contribution in [3.05, 3.63) is 37.3 Å². The van der Waals surface area contributed by atoms with Crippen molar-refractivity contribution >= 4 is 33.8 Å². The Morgan fingerprint density at radius 2 is 2.15 bits per heavy atom. The lowest BCUT2D eigenvalue weighted by Crippen LogP contribution is -2.22. The van der Waals surface area contributed by atoms with Crippen LogP contribution in [0.3, 0.4) is 0 Å².